The number of hydrogen-bond acceptors (Lipinski definition) is 3. The van der Waals surface area contributed by atoms with Crippen molar-refractivity contribution in [3.8, 4) is 5.75 Å². The van der Waals surface area contributed by atoms with Gasteiger partial charge in [0.1, 0.15) is 11.6 Å². The van der Waals surface area contributed by atoms with Crippen LogP contribution in [-0.2, 0) is 11.4 Å². The van der Waals surface area contributed by atoms with Gasteiger partial charge in [-0.2, -0.15) is 0 Å². The normalized spacial score (nSPS) is 10.4. The van der Waals surface area contributed by atoms with E-state index in [1.807, 2.05) is 13.8 Å². The number of aliphatic hydroxyl groups excluding tert-OH is 1. The minimum absolute atomic E-state index is 0.0385. The number of rotatable bonds is 5. The van der Waals surface area contributed by atoms with Crippen LogP contribution < -0.4 is 10.1 Å². The van der Waals surface area contributed by atoms with Gasteiger partial charge in [0.25, 0.3) is 5.91 Å². The monoisotopic (exact) mass is 241 g/mol. The van der Waals surface area contributed by atoms with E-state index in [2.05, 4.69) is 5.32 Å². The van der Waals surface area contributed by atoms with E-state index in [4.69, 9.17) is 9.84 Å². The lowest BCUT2D eigenvalue weighted by atomic mass is 10.2. The minimum Gasteiger partial charge on any atom is -0.483 e. The van der Waals surface area contributed by atoms with Crippen molar-refractivity contribution in [2.24, 2.45) is 0 Å². The van der Waals surface area contributed by atoms with Crippen LogP contribution in [0.3, 0.4) is 0 Å². The zero-order chi connectivity index (χ0) is 12.8. The Labute approximate surface area is 99.4 Å². The molecule has 94 valence electrons. The Morgan fingerprint density at radius 2 is 2.24 bits per heavy atom. The van der Waals surface area contributed by atoms with Crippen molar-refractivity contribution in [2.45, 2.75) is 26.5 Å². The first kappa shape index (κ1) is 13.4. The molecule has 0 heterocycles. The highest BCUT2D eigenvalue weighted by molar-refractivity contribution is 5.77. The van der Waals surface area contributed by atoms with Crippen LogP contribution in [0.1, 0.15) is 19.4 Å². The smallest absolute Gasteiger partial charge is 0.258 e. The van der Waals surface area contributed by atoms with Gasteiger partial charge < -0.3 is 15.2 Å². The first-order valence-electron chi connectivity index (χ1n) is 5.34. The van der Waals surface area contributed by atoms with Crippen LogP contribution in [0.2, 0.25) is 0 Å². The molecule has 0 aliphatic heterocycles. The topological polar surface area (TPSA) is 58.6 Å². The van der Waals surface area contributed by atoms with Gasteiger partial charge in [-0.05, 0) is 32.0 Å². The van der Waals surface area contributed by atoms with E-state index in [9.17, 15) is 9.18 Å². The Morgan fingerprint density at radius 1 is 1.53 bits per heavy atom. The van der Waals surface area contributed by atoms with Gasteiger partial charge in [0.2, 0.25) is 0 Å². The first-order chi connectivity index (χ1) is 8.02. The molecule has 0 aliphatic carbocycles. The number of nitrogens with one attached hydrogen (secondary N) is 1. The summed E-state index contributed by atoms with van der Waals surface area (Å²) in [5, 5.41) is 11.7. The quantitative estimate of drug-likeness (QED) is 0.815. The molecule has 0 saturated carbocycles. The zero-order valence-electron chi connectivity index (χ0n) is 9.87. The van der Waals surface area contributed by atoms with Gasteiger partial charge in [-0.3, -0.25) is 4.79 Å². The summed E-state index contributed by atoms with van der Waals surface area (Å²) < 4.78 is 18.1. The van der Waals surface area contributed by atoms with Crippen molar-refractivity contribution < 1.29 is 19.0 Å². The molecule has 0 aromatic heterocycles. The van der Waals surface area contributed by atoms with Gasteiger partial charge >= 0.3 is 0 Å². The maximum absolute atomic E-state index is 12.9. The van der Waals surface area contributed by atoms with Gasteiger partial charge in [-0.15, -0.1) is 0 Å². The molecule has 0 radical (unpaired) electrons. The second-order valence-electron chi connectivity index (χ2n) is 3.92. The lowest BCUT2D eigenvalue weighted by molar-refractivity contribution is -0.123. The highest BCUT2D eigenvalue weighted by Crippen LogP contribution is 2.19. The van der Waals surface area contributed by atoms with E-state index in [1.165, 1.54) is 18.2 Å². The van der Waals surface area contributed by atoms with Crippen molar-refractivity contribution in [3.63, 3.8) is 0 Å². The molecule has 0 aliphatic rings. The largest absolute Gasteiger partial charge is 0.483 e. The van der Waals surface area contributed by atoms with E-state index in [1.54, 1.807) is 0 Å². The fourth-order valence-electron chi connectivity index (χ4n) is 1.32. The van der Waals surface area contributed by atoms with Gasteiger partial charge in [0.05, 0.1) is 6.61 Å². The number of carbonyl (C=O) groups is 1. The van der Waals surface area contributed by atoms with Gasteiger partial charge in [0.15, 0.2) is 6.61 Å². The average Bonchev–Trinajstić information content (AvgIpc) is 2.26. The highest BCUT2D eigenvalue weighted by atomic mass is 19.1. The van der Waals surface area contributed by atoms with Gasteiger partial charge in [0, 0.05) is 11.6 Å². The molecule has 0 bridgehead atoms. The molecule has 1 rings (SSSR count). The molecule has 0 fully saturated rings. The van der Waals surface area contributed by atoms with Crippen LogP contribution in [0.4, 0.5) is 4.39 Å². The molecule has 2 N–H and O–H groups in total. The maximum atomic E-state index is 12.9. The van der Waals surface area contributed by atoms with Crippen LogP contribution in [0.25, 0.3) is 0 Å². The molecule has 0 unspecified atom stereocenters. The fraction of sp³-hybridized carbons (Fsp3) is 0.417. The summed E-state index contributed by atoms with van der Waals surface area (Å²) in [4.78, 5) is 11.3. The molecule has 5 heteroatoms. The van der Waals surface area contributed by atoms with Crippen molar-refractivity contribution in [1.29, 1.82) is 0 Å². The Hall–Kier alpha value is -1.62. The van der Waals surface area contributed by atoms with Crippen molar-refractivity contribution in [2.75, 3.05) is 6.61 Å². The molecule has 1 aromatic rings. The van der Waals surface area contributed by atoms with E-state index >= 15 is 0 Å². The van der Waals surface area contributed by atoms with Crippen molar-refractivity contribution in [3.05, 3.63) is 29.6 Å². The predicted molar refractivity (Wildman–Crippen MR) is 61.1 cm³/mol. The van der Waals surface area contributed by atoms with E-state index < -0.39 is 5.82 Å². The average molecular weight is 241 g/mol. The standard InChI is InChI=1S/C12H16FNO3/c1-8(2)14-12(16)7-17-11-4-3-10(13)5-9(11)6-15/h3-5,8,15H,6-7H2,1-2H3,(H,14,16). The van der Waals surface area contributed by atoms with Crippen molar-refractivity contribution in [1.82, 2.24) is 5.32 Å². The molecule has 1 aromatic carbocycles. The molecule has 17 heavy (non-hydrogen) atoms. The minimum atomic E-state index is -0.451. The third kappa shape index (κ3) is 4.40. The highest BCUT2D eigenvalue weighted by Gasteiger charge is 2.08. The SMILES string of the molecule is CC(C)NC(=O)COc1ccc(F)cc1CO. The van der Waals surface area contributed by atoms with Crippen LogP contribution >= 0.6 is 0 Å². The number of ether oxygens (including phenoxy) is 1. The van der Waals surface area contributed by atoms with E-state index in [0.717, 1.165) is 0 Å². The number of aliphatic hydroxyl groups is 1. The molecular weight excluding hydrogens is 225 g/mol. The Bertz CT molecular complexity index is 393. The number of benzene rings is 1. The molecule has 0 saturated heterocycles. The molecule has 1 amide bonds. The predicted octanol–water partition coefficient (Wildman–Crippen LogP) is 1.22. The first-order valence-corrected chi connectivity index (χ1v) is 5.34. The zero-order valence-corrected chi connectivity index (χ0v) is 9.87. The van der Waals surface area contributed by atoms with Crippen molar-refractivity contribution >= 4 is 5.91 Å². The lowest BCUT2D eigenvalue weighted by Gasteiger charge is -2.11. The summed E-state index contributed by atoms with van der Waals surface area (Å²) >= 11 is 0. The van der Waals surface area contributed by atoms with E-state index in [0.29, 0.717) is 11.3 Å². The van der Waals surface area contributed by atoms with Crippen LogP contribution in [0, 0.1) is 5.82 Å². The summed E-state index contributed by atoms with van der Waals surface area (Å²) in [5.41, 5.74) is 0.322. The summed E-state index contributed by atoms with van der Waals surface area (Å²) in [5.74, 6) is -0.394. The van der Waals surface area contributed by atoms with E-state index in [-0.39, 0.29) is 25.2 Å². The summed E-state index contributed by atoms with van der Waals surface area (Å²) in [7, 11) is 0. The number of carbonyl (C=O) groups excluding carboxylic acids is 1. The molecular formula is C12H16FNO3. The third-order valence-corrected chi connectivity index (χ3v) is 2.00. The maximum Gasteiger partial charge on any atom is 0.258 e. The van der Waals surface area contributed by atoms with Crippen LogP contribution in [-0.4, -0.2) is 23.7 Å². The molecule has 0 spiro atoms. The number of hydrogen-bond donors (Lipinski definition) is 2. The third-order valence-electron chi connectivity index (χ3n) is 2.00. The number of halogens is 1. The van der Waals surface area contributed by atoms with Crippen LogP contribution in [0.15, 0.2) is 18.2 Å². The van der Waals surface area contributed by atoms with Gasteiger partial charge in [-0.25, -0.2) is 4.39 Å². The molecule has 4 nitrogen and oxygen atoms in total. The van der Waals surface area contributed by atoms with Gasteiger partial charge in [-0.1, -0.05) is 0 Å². The Kier molecular flexibility index (Phi) is 4.90. The summed E-state index contributed by atoms with van der Waals surface area (Å²) in [6.07, 6.45) is 0. The number of amides is 1. The van der Waals surface area contributed by atoms with Crippen LogP contribution in [0.5, 0.6) is 5.75 Å². The summed E-state index contributed by atoms with van der Waals surface area (Å²) in [6, 6.07) is 3.82. The second-order valence-corrected chi connectivity index (χ2v) is 3.92. The second kappa shape index (κ2) is 6.20. The molecule has 0 atom stereocenters. The lowest BCUT2D eigenvalue weighted by Crippen LogP contribution is -2.34. The Morgan fingerprint density at radius 3 is 2.82 bits per heavy atom. The Balaban J connectivity index is 2.60. The summed E-state index contributed by atoms with van der Waals surface area (Å²) in [6.45, 7) is 3.19. The fourth-order valence-corrected chi connectivity index (χ4v) is 1.32.